The zero-order chi connectivity index (χ0) is 11.4. The first-order valence-corrected chi connectivity index (χ1v) is 6.31. The highest BCUT2D eigenvalue weighted by atomic mass is 32.1. The summed E-state index contributed by atoms with van der Waals surface area (Å²) in [6.07, 6.45) is 3.62. The largest absolute Gasteiger partial charge is 0.327 e. The molecule has 1 aromatic heterocycles. The van der Waals surface area contributed by atoms with Crippen LogP contribution in [0.2, 0.25) is 0 Å². The molecule has 0 aliphatic rings. The van der Waals surface area contributed by atoms with E-state index in [1.165, 1.54) is 11.1 Å². The molecule has 0 amide bonds. The molecule has 2 nitrogen and oxygen atoms in total. The van der Waals surface area contributed by atoms with Crippen molar-refractivity contribution >= 4 is 11.3 Å². The summed E-state index contributed by atoms with van der Waals surface area (Å²) in [7, 11) is 0. The van der Waals surface area contributed by atoms with Crippen LogP contribution in [0, 0.1) is 6.92 Å². The van der Waals surface area contributed by atoms with E-state index in [0.29, 0.717) is 0 Å². The predicted octanol–water partition coefficient (Wildman–Crippen LogP) is 2.56. The number of benzene rings is 1. The van der Waals surface area contributed by atoms with Crippen molar-refractivity contribution in [3.8, 4) is 0 Å². The lowest BCUT2D eigenvalue weighted by atomic mass is 10.0. The van der Waals surface area contributed by atoms with Crippen molar-refractivity contribution in [1.29, 1.82) is 0 Å². The van der Waals surface area contributed by atoms with Gasteiger partial charge in [-0.2, -0.15) is 0 Å². The molecule has 16 heavy (non-hydrogen) atoms. The fourth-order valence-electron chi connectivity index (χ4n) is 1.68. The van der Waals surface area contributed by atoms with Crippen LogP contribution in [0.4, 0.5) is 0 Å². The molecular formula is C13H16N2S. The zero-order valence-electron chi connectivity index (χ0n) is 9.39. The molecule has 0 saturated heterocycles. The summed E-state index contributed by atoms with van der Waals surface area (Å²) >= 11 is 1.67. The molecule has 0 aliphatic carbocycles. The fraction of sp³-hybridized carbons (Fsp3) is 0.308. The van der Waals surface area contributed by atoms with E-state index in [0.717, 1.165) is 17.8 Å². The van der Waals surface area contributed by atoms with E-state index in [-0.39, 0.29) is 6.04 Å². The van der Waals surface area contributed by atoms with Gasteiger partial charge in [0, 0.05) is 24.0 Å². The molecular weight excluding hydrogens is 216 g/mol. The van der Waals surface area contributed by atoms with Gasteiger partial charge in [-0.05, 0) is 18.9 Å². The molecule has 0 aliphatic heterocycles. The SMILES string of the molecule is Cc1ccc(CC(N)Cc2nccs2)cc1. The molecule has 2 aromatic rings. The van der Waals surface area contributed by atoms with Crippen LogP contribution in [-0.4, -0.2) is 11.0 Å². The van der Waals surface area contributed by atoms with Crippen molar-refractivity contribution in [3.05, 3.63) is 52.0 Å². The van der Waals surface area contributed by atoms with Gasteiger partial charge < -0.3 is 5.73 Å². The van der Waals surface area contributed by atoms with Crippen LogP contribution in [0.15, 0.2) is 35.8 Å². The van der Waals surface area contributed by atoms with Crippen LogP contribution in [0.5, 0.6) is 0 Å². The van der Waals surface area contributed by atoms with E-state index in [4.69, 9.17) is 5.73 Å². The second-order valence-corrected chi connectivity index (χ2v) is 5.06. The monoisotopic (exact) mass is 232 g/mol. The van der Waals surface area contributed by atoms with E-state index in [1.54, 1.807) is 11.3 Å². The van der Waals surface area contributed by atoms with Gasteiger partial charge >= 0.3 is 0 Å². The number of nitrogens with two attached hydrogens (primary N) is 1. The average molecular weight is 232 g/mol. The Kier molecular flexibility index (Phi) is 3.70. The number of thiazole rings is 1. The molecule has 0 saturated carbocycles. The molecule has 0 spiro atoms. The van der Waals surface area contributed by atoms with Crippen LogP contribution in [-0.2, 0) is 12.8 Å². The number of hydrogen-bond acceptors (Lipinski definition) is 3. The third-order valence-electron chi connectivity index (χ3n) is 2.54. The Morgan fingerprint density at radius 3 is 2.62 bits per heavy atom. The van der Waals surface area contributed by atoms with Gasteiger partial charge in [0.1, 0.15) is 0 Å². The molecule has 0 bridgehead atoms. The molecule has 2 rings (SSSR count). The van der Waals surface area contributed by atoms with Gasteiger partial charge in [0.05, 0.1) is 5.01 Å². The van der Waals surface area contributed by atoms with Crippen molar-refractivity contribution in [1.82, 2.24) is 4.98 Å². The maximum atomic E-state index is 6.10. The van der Waals surface area contributed by atoms with Crippen molar-refractivity contribution in [2.75, 3.05) is 0 Å². The van der Waals surface area contributed by atoms with E-state index in [2.05, 4.69) is 36.2 Å². The quantitative estimate of drug-likeness (QED) is 0.880. The van der Waals surface area contributed by atoms with Gasteiger partial charge in [0.15, 0.2) is 0 Å². The maximum absolute atomic E-state index is 6.10. The molecule has 1 unspecified atom stereocenters. The summed E-state index contributed by atoms with van der Waals surface area (Å²) in [6.45, 7) is 2.10. The van der Waals surface area contributed by atoms with Crippen molar-refractivity contribution in [2.45, 2.75) is 25.8 Å². The van der Waals surface area contributed by atoms with E-state index >= 15 is 0 Å². The second kappa shape index (κ2) is 5.23. The Bertz CT molecular complexity index is 420. The average Bonchev–Trinajstić information content (AvgIpc) is 2.74. The molecule has 1 heterocycles. The minimum atomic E-state index is 0.161. The smallest absolute Gasteiger partial charge is 0.0940 e. The molecule has 84 valence electrons. The van der Waals surface area contributed by atoms with Gasteiger partial charge in [-0.1, -0.05) is 29.8 Å². The molecule has 2 N–H and O–H groups in total. The highest BCUT2D eigenvalue weighted by Crippen LogP contribution is 2.10. The Labute approximate surface area is 100 Å². The summed E-state index contributed by atoms with van der Waals surface area (Å²) in [5, 5.41) is 3.12. The fourth-order valence-corrected chi connectivity index (χ4v) is 2.39. The summed E-state index contributed by atoms with van der Waals surface area (Å²) in [5.41, 5.74) is 8.69. The van der Waals surface area contributed by atoms with Crippen LogP contribution in [0.3, 0.4) is 0 Å². The molecule has 1 aromatic carbocycles. The molecule has 3 heteroatoms. The standard InChI is InChI=1S/C13H16N2S/c1-10-2-4-11(5-3-10)8-12(14)9-13-15-6-7-16-13/h2-7,12H,8-9,14H2,1H3. The minimum absolute atomic E-state index is 0.161. The first-order valence-electron chi connectivity index (χ1n) is 5.43. The Morgan fingerprint density at radius 1 is 1.25 bits per heavy atom. The van der Waals surface area contributed by atoms with E-state index in [1.807, 2.05) is 11.6 Å². The first-order chi connectivity index (χ1) is 7.74. The number of hydrogen-bond donors (Lipinski definition) is 1. The highest BCUT2D eigenvalue weighted by Gasteiger charge is 2.06. The predicted molar refractivity (Wildman–Crippen MR) is 68.7 cm³/mol. The molecule has 0 radical (unpaired) electrons. The number of rotatable bonds is 4. The summed E-state index contributed by atoms with van der Waals surface area (Å²) in [5.74, 6) is 0. The lowest BCUT2D eigenvalue weighted by Crippen LogP contribution is -2.25. The van der Waals surface area contributed by atoms with Crippen molar-refractivity contribution < 1.29 is 0 Å². The van der Waals surface area contributed by atoms with E-state index in [9.17, 15) is 0 Å². The third-order valence-corrected chi connectivity index (χ3v) is 3.34. The third kappa shape index (κ3) is 3.15. The van der Waals surface area contributed by atoms with Gasteiger partial charge in [0.2, 0.25) is 0 Å². The zero-order valence-corrected chi connectivity index (χ0v) is 10.2. The summed E-state index contributed by atoms with van der Waals surface area (Å²) in [4.78, 5) is 4.25. The van der Waals surface area contributed by atoms with Crippen molar-refractivity contribution in [2.24, 2.45) is 5.73 Å². The number of aryl methyl sites for hydroxylation is 1. The normalized spacial score (nSPS) is 12.6. The van der Waals surface area contributed by atoms with Gasteiger partial charge in [-0.15, -0.1) is 11.3 Å². The van der Waals surface area contributed by atoms with Crippen LogP contribution in [0.1, 0.15) is 16.1 Å². The second-order valence-electron chi connectivity index (χ2n) is 4.08. The topological polar surface area (TPSA) is 38.9 Å². The number of aromatic nitrogens is 1. The van der Waals surface area contributed by atoms with Crippen LogP contribution in [0.25, 0.3) is 0 Å². The minimum Gasteiger partial charge on any atom is -0.327 e. The van der Waals surface area contributed by atoms with Crippen molar-refractivity contribution in [3.63, 3.8) is 0 Å². The summed E-state index contributed by atoms with van der Waals surface area (Å²) < 4.78 is 0. The Morgan fingerprint density at radius 2 is 2.00 bits per heavy atom. The lowest BCUT2D eigenvalue weighted by Gasteiger charge is -2.09. The van der Waals surface area contributed by atoms with E-state index < -0.39 is 0 Å². The Hall–Kier alpha value is -1.19. The van der Waals surface area contributed by atoms with Gasteiger partial charge in [-0.3, -0.25) is 0 Å². The summed E-state index contributed by atoms with van der Waals surface area (Å²) in [6, 6.07) is 8.72. The first kappa shape index (κ1) is 11.3. The Balaban J connectivity index is 1.92. The number of nitrogens with zero attached hydrogens (tertiary/aromatic N) is 1. The van der Waals surface area contributed by atoms with Crippen LogP contribution >= 0.6 is 11.3 Å². The highest BCUT2D eigenvalue weighted by molar-refractivity contribution is 7.09. The van der Waals surface area contributed by atoms with Crippen LogP contribution < -0.4 is 5.73 Å². The van der Waals surface area contributed by atoms with Gasteiger partial charge in [0.25, 0.3) is 0 Å². The molecule has 0 fully saturated rings. The van der Waals surface area contributed by atoms with Gasteiger partial charge in [-0.25, -0.2) is 4.98 Å². The lowest BCUT2D eigenvalue weighted by molar-refractivity contribution is 0.662. The maximum Gasteiger partial charge on any atom is 0.0940 e. The molecule has 1 atom stereocenters.